The predicted molar refractivity (Wildman–Crippen MR) is 123 cm³/mol. The van der Waals surface area contributed by atoms with Gasteiger partial charge in [-0.1, -0.05) is 31.8 Å². The number of rotatable bonds is 8. The Kier molecular flexibility index (Phi) is 5.83. The normalized spacial score (nSPS) is 12.1. The third kappa shape index (κ3) is 4.48. The molecule has 0 bridgehead atoms. The van der Waals surface area contributed by atoms with E-state index in [9.17, 15) is 9.90 Å². The smallest absolute Gasteiger partial charge is 0.339 e. The number of fused-ring (bicyclic) bond motifs is 2. The summed E-state index contributed by atoms with van der Waals surface area (Å²) in [6.07, 6.45) is 3.14. The first-order valence-electron chi connectivity index (χ1n) is 9.97. The minimum atomic E-state index is -1.20. The Morgan fingerprint density at radius 2 is 2.13 bits per heavy atom. The summed E-state index contributed by atoms with van der Waals surface area (Å²) in [7, 11) is -1.20. The van der Waals surface area contributed by atoms with E-state index in [4.69, 9.17) is 16.3 Å². The minimum Gasteiger partial charge on any atom is -0.478 e. The number of aromatic nitrogens is 5. The number of ether oxygens (including phenoxy) is 1. The number of nitrogens with one attached hydrogen (secondary N) is 1. The maximum absolute atomic E-state index is 11.8. The summed E-state index contributed by atoms with van der Waals surface area (Å²) < 4.78 is 7.48. The van der Waals surface area contributed by atoms with Crippen LogP contribution in [-0.2, 0) is 17.3 Å². The first-order chi connectivity index (χ1) is 14.8. The zero-order valence-corrected chi connectivity index (χ0v) is 19.4. The molecule has 0 aliphatic heterocycles. The monoisotopic (exact) mass is 457 g/mol. The Bertz CT molecular complexity index is 1260. The second-order valence-electron chi connectivity index (χ2n) is 8.68. The van der Waals surface area contributed by atoms with Crippen LogP contribution in [-0.4, -0.2) is 50.5 Å². The number of benzene rings is 1. The number of carboxylic acid groups (broad SMARTS) is 1. The number of alkyl halides is 1. The third-order valence-corrected chi connectivity index (χ3v) is 7.06. The quantitative estimate of drug-likeness (QED) is 0.225. The van der Waals surface area contributed by atoms with E-state index in [1.165, 1.54) is 6.20 Å². The van der Waals surface area contributed by atoms with Gasteiger partial charge in [0, 0.05) is 32.1 Å². The summed E-state index contributed by atoms with van der Waals surface area (Å²) in [5.41, 5.74) is 3.79. The molecule has 0 radical (unpaired) electrons. The Morgan fingerprint density at radius 3 is 2.84 bits per heavy atom. The zero-order chi connectivity index (χ0) is 22.2. The third-order valence-electron chi connectivity index (χ3n) is 5.05. The van der Waals surface area contributed by atoms with Gasteiger partial charge in [-0.3, -0.25) is 5.10 Å². The molecule has 0 spiro atoms. The molecule has 0 amide bonds. The van der Waals surface area contributed by atoms with Crippen LogP contribution in [0.2, 0.25) is 25.7 Å². The summed E-state index contributed by atoms with van der Waals surface area (Å²) in [5.74, 6) is -0.651. The molecule has 31 heavy (non-hydrogen) atoms. The van der Waals surface area contributed by atoms with Crippen LogP contribution in [0.5, 0.6) is 0 Å². The van der Waals surface area contributed by atoms with E-state index in [0.29, 0.717) is 35.0 Å². The topological polar surface area (TPSA) is 106 Å². The SMILES string of the molecule is C[Si](C)(C)CCOCn1cc(C(=O)O)c2nc(-c3n[nH]c4cc(CCl)ccc34)cnc21. The van der Waals surface area contributed by atoms with Gasteiger partial charge in [0.05, 0.1) is 11.7 Å². The van der Waals surface area contributed by atoms with Crippen molar-refractivity contribution in [1.82, 2.24) is 24.7 Å². The van der Waals surface area contributed by atoms with Gasteiger partial charge in [-0.05, 0) is 17.7 Å². The highest BCUT2D eigenvalue weighted by molar-refractivity contribution is 6.76. The molecule has 8 nitrogen and oxygen atoms in total. The standard InChI is InChI=1S/C21H24ClN5O3Si/c1-31(2,3)7-6-30-12-27-11-15(21(28)29)19-20(27)23-10-17(24-19)18-14-5-4-13(9-22)8-16(14)25-26-18/h4-5,8,10-11H,6-7,9,12H2,1-3H3,(H,25,26)(H,28,29). The molecule has 3 heterocycles. The lowest BCUT2D eigenvalue weighted by Gasteiger charge is -2.15. The largest absolute Gasteiger partial charge is 0.478 e. The number of hydrogen-bond acceptors (Lipinski definition) is 5. The lowest BCUT2D eigenvalue weighted by atomic mass is 10.1. The van der Waals surface area contributed by atoms with E-state index < -0.39 is 14.0 Å². The molecular formula is C21H24ClN5O3Si. The van der Waals surface area contributed by atoms with E-state index in [1.807, 2.05) is 18.2 Å². The highest BCUT2D eigenvalue weighted by Gasteiger charge is 2.20. The highest BCUT2D eigenvalue weighted by atomic mass is 35.5. The van der Waals surface area contributed by atoms with E-state index in [2.05, 4.69) is 39.8 Å². The lowest BCUT2D eigenvalue weighted by molar-refractivity contribution is 0.0696. The number of nitrogens with zero attached hydrogens (tertiary/aromatic N) is 4. The fourth-order valence-corrected chi connectivity index (χ4v) is 4.23. The van der Waals surface area contributed by atoms with E-state index >= 15 is 0 Å². The molecule has 2 N–H and O–H groups in total. The van der Waals surface area contributed by atoms with Crippen molar-refractivity contribution in [2.75, 3.05) is 6.61 Å². The van der Waals surface area contributed by atoms with Crippen LogP contribution in [0.1, 0.15) is 15.9 Å². The average Bonchev–Trinajstić information content (AvgIpc) is 3.31. The Hall–Kier alpha value is -2.75. The molecule has 4 aromatic rings. The molecule has 0 fully saturated rings. The number of carboxylic acids is 1. The lowest BCUT2D eigenvalue weighted by Crippen LogP contribution is -2.22. The van der Waals surface area contributed by atoms with Gasteiger partial charge in [0.25, 0.3) is 0 Å². The molecule has 0 unspecified atom stereocenters. The van der Waals surface area contributed by atoms with Gasteiger partial charge in [-0.2, -0.15) is 5.10 Å². The number of H-pyrrole nitrogens is 1. The molecule has 3 aromatic heterocycles. The van der Waals surface area contributed by atoms with Gasteiger partial charge < -0.3 is 14.4 Å². The van der Waals surface area contributed by atoms with Crippen molar-refractivity contribution in [3.8, 4) is 11.4 Å². The first-order valence-corrected chi connectivity index (χ1v) is 14.2. The van der Waals surface area contributed by atoms with Crippen LogP contribution in [0.4, 0.5) is 0 Å². The van der Waals surface area contributed by atoms with Crippen LogP contribution in [0.25, 0.3) is 33.5 Å². The minimum absolute atomic E-state index is 0.0856. The number of aromatic carboxylic acids is 1. The van der Waals surface area contributed by atoms with Crippen molar-refractivity contribution in [3.63, 3.8) is 0 Å². The fourth-order valence-electron chi connectivity index (χ4n) is 3.31. The van der Waals surface area contributed by atoms with Crippen molar-refractivity contribution in [2.45, 2.75) is 38.3 Å². The van der Waals surface area contributed by atoms with Crippen molar-refractivity contribution >= 4 is 47.7 Å². The summed E-state index contributed by atoms with van der Waals surface area (Å²) in [5, 5.41) is 17.9. The van der Waals surface area contributed by atoms with Crippen molar-refractivity contribution in [2.24, 2.45) is 0 Å². The van der Waals surface area contributed by atoms with Crippen LogP contribution < -0.4 is 0 Å². The Labute approximate surface area is 185 Å². The summed E-state index contributed by atoms with van der Waals surface area (Å²) in [6, 6.07) is 6.82. The van der Waals surface area contributed by atoms with Gasteiger partial charge in [0.15, 0.2) is 5.65 Å². The number of aromatic amines is 1. The average molecular weight is 458 g/mol. The molecule has 10 heteroatoms. The molecular weight excluding hydrogens is 434 g/mol. The molecule has 4 rings (SSSR count). The van der Waals surface area contributed by atoms with Crippen LogP contribution in [0, 0.1) is 0 Å². The van der Waals surface area contributed by atoms with Crippen molar-refractivity contribution in [3.05, 3.63) is 41.7 Å². The Balaban J connectivity index is 1.69. The number of halogens is 1. The molecule has 0 saturated heterocycles. The molecule has 0 saturated carbocycles. The second-order valence-corrected chi connectivity index (χ2v) is 14.6. The van der Waals surface area contributed by atoms with Gasteiger partial charge in [0.1, 0.15) is 29.2 Å². The fraction of sp³-hybridized carbons (Fsp3) is 0.333. The van der Waals surface area contributed by atoms with Crippen LogP contribution in [0.3, 0.4) is 0 Å². The number of hydrogen-bond donors (Lipinski definition) is 2. The summed E-state index contributed by atoms with van der Waals surface area (Å²) >= 11 is 5.91. The number of carbonyl (C=O) groups is 1. The van der Waals surface area contributed by atoms with Crippen molar-refractivity contribution < 1.29 is 14.6 Å². The molecule has 0 atom stereocenters. The van der Waals surface area contributed by atoms with E-state index in [-0.39, 0.29) is 12.3 Å². The first kappa shape index (κ1) is 21.5. The van der Waals surface area contributed by atoms with E-state index in [1.54, 1.807) is 10.8 Å². The molecule has 0 aliphatic carbocycles. The zero-order valence-electron chi connectivity index (χ0n) is 17.6. The summed E-state index contributed by atoms with van der Waals surface area (Å²) in [4.78, 5) is 20.9. The predicted octanol–water partition coefficient (Wildman–Crippen LogP) is 4.72. The van der Waals surface area contributed by atoms with Gasteiger partial charge in [0.2, 0.25) is 0 Å². The molecule has 1 aromatic carbocycles. The molecule has 0 aliphatic rings. The second kappa shape index (κ2) is 8.41. The van der Waals surface area contributed by atoms with Gasteiger partial charge in [-0.15, -0.1) is 11.6 Å². The summed E-state index contributed by atoms with van der Waals surface area (Å²) in [6.45, 7) is 7.71. The maximum Gasteiger partial charge on any atom is 0.339 e. The van der Waals surface area contributed by atoms with E-state index in [0.717, 1.165) is 22.5 Å². The van der Waals surface area contributed by atoms with Crippen molar-refractivity contribution in [1.29, 1.82) is 0 Å². The van der Waals surface area contributed by atoms with Crippen LogP contribution in [0.15, 0.2) is 30.6 Å². The Morgan fingerprint density at radius 1 is 1.32 bits per heavy atom. The van der Waals surface area contributed by atoms with Crippen LogP contribution >= 0.6 is 11.6 Å². The van der Waals surface area contributed by atoms with Gasteiger partial charge in [-0.25, -0.2) is 14.8 Å². The van der Waals surface area contributed by atoms with Gasteiger partial charge >= 0.3 is 5.97 Å². The maximum atomic E-state index is 11.8. The molecule has 162 valence electrons. The highest BCUT2D eigenvalue weighted by Crippen LogP contribution is 2.28.